The molecule has 0 radical (unpaired) electrons. The Morgan fingerprint density at radius 3 is 1.36 bits per heavy atom. The van der Waals surface area contributed by atoms with Gasteiger partial charge in [0.2, 0.25) is 0 Å². The molecule has 1 aliphatic carbocycles. The Morgan fingerprint density at radius 1 is 0.373 bits per heavy atom. The predicted molar refractivity (Wildman–Crippen MR) is 244 cm³/mol. The first-order chi connectivity index (χ1) is 28.9. The highest BCUT2D eigenvalue weighted by atomic mass is 14.9. The largest absolute Gasteiger partial charge is 0.238 e. The summed E-state index contributed by atoms with van der Waals surface area (Å²) >= 11 is 0. The molecule has 8 aromatic carbocycles. The number of aromatic nitrogens is 2. The molecule has 0 bridgehead atoms. The fourth-order valence-corrected chi connectivity index (χ4v) is 8.55. The molecule has 0 N–H and O–H groups in total. The Bertz CT molecular complexity index is 3030. The molecule has 1 aromatic heterocycles. The molecule has 1 heterocycles. The number of rotatable bonds is 7. The lowest BCUT2D eigenvalue weighted by atomic mass is 9.82. The lowest BCUT2D eigenvalue weighted by molar-refractivity contribution is 0.660. The molecule has 0 spiro atoms. The molecule has 278 valence electrons. The van der Waals surface area contributed by atoms with Gasteiger partial charge in [-0.1, -0.05) is 196 Å². The van der Waals surface area contributed by atoms with Crippen molar-refractivity contribution >= 4 is 5.69 Å². The third-order valence-electron chi connectivity index (χ3n) is 11.8. The summed E-state index contributed by atoms with van der Waals surface area (Å²) in [6.45, 7) is 12.3. The van der Waals surface area contributed by atoms with Crippen LogP contribution in [0.1, 0.15) is 25.0 Å². The van der Waals surface area contributed by atoms with Crippen molar-refractivity contribution in [2.24, 2.45) is 0 Å². The van der Waals surface area contributed by atoms with Crippen LogP contribution in [0.4, 0.5) is 5.69 Å². The number of hydrogen-bond donors (Lipinski definition) is 0. The molecular weight excluding hydrogens is 715 g/mol. The molecule has 1 aliphatic rings. The zero-order chi connectivity index (χ0) is 39.9. The Kier molecular flexibility index (Phi) is 8.89. The molecule has 0 fully saturated rings. The Hall–Kier alpha value is -7.67. The minimum atomic E-state index is -0.142. The van der Waals surface area contributed by atoms with Crippen molar-refractivity contribution in [2.45, 2.75) is 19.3 Å². The molecule has 59 heavy (non-hydrogen) atoms. The van der Waals surface area contributed by atoms with Gasteiger partial charge in [-0.15, -0.1) is 0 Å². The van der Waals surface area contributed by atoms with Gasteiger partial charge in [0.1, 0.15) is 0 Å². The van der Waals surface area contributed by atoms with Crippen molar-refractivity contribution in [2.75, 3.05) is 0 Å². The van der Waals surface area contributed by atoms with E-state index >= 15 is 0 Å². The maximum absolute atomic E-state index is 7.84. The summed E-state index contributed by atoms with van der Waals surface area (Å²) in [6, 6.07) is 70.4. The summed E-state index contributed by atoms with van der Waals surface area (Å²) in [6.07, 6.45) is 0. The molecule has 0 amide bonds. The Balaban J connectivity index is 0.973. The highest BCUT2D eigenvalue weighted by Gasteiger charge is 2.36. The van der Waals surface area contributed by atoms with Crippen molar-refractivity contribution in [1.82, 2.24) is 9.97 Å². The second-order valence-corrected chi connectivity index (χ2v) is 15.7. The van der Waals surface area contributed by atoms with Gasteiger partial charge in [0.25, 0.3) is 0 Å². The van der Waals surface area contributed by atoms with E-state index in [4.69, 9.17) is 16.5 Å². The first kappa shape index (κ1) is 35.7. The predicted octanol–water partition coefficient (Wildman–Crippen LogP) is 15.0. The topological polar surface area (TPSA) is 30.1 Å². The summed E-state index contributed by atoms with van der Waals surface area (Å²) < 4.78 is 0. The summed E-state index contributed by atoms with van der Waals surface area (Å²) in [5.74, 6) is 0.686. The van der Waals surface area contributed by atoms with Crippen LogP contribution in [0, 0.1) is 6.57 Å². The second-order valence-electron chi connectivity index (χ2n) is 15.7. The lowest BCUT2D eigenvalue weighted by Crippen LogP contribution is -2.14. The van der Waals surface area contributed by atoms with Gasteiger partial charge in [-0.05, 0) is 85.0 Å². The van der Waals surface area contributed by atoms with Crippen LogP contribution in [-0.2, 0) is 5.41 Å². The third-order valence-corrected chi connectivity index (χ3v) is 11.8. The zero-order valence-electron chi connectivity index (χ0n) is 32.9. The van der Waals surface area contributed by atoms with Gasteiger partial charge in [-0.25, -0.2) is 14.8 Å². The number of nitrogens with zero attached hydrogens (tertiary/aromatic N) is 3. The van der Waals surface area contributed by atoms with E-state index < -0.39 is 0 Å². The molecule has 3 nitrogen and oxygen atoms in total. The molecule has 3 heteroatoms. The summed E-state index contributed by atoms with van der Waals surface area (Å²) in [7, 11) is 0. The smallest absolute Gasteiger partial charge is 0.195 e. The average Bonchev–Trinajstić information content (AvgIpc) is 3.55. The van der Waals surface area contributed by atoms with E-state index in [0.29, 0.717) is 5.82 Å². The van der Waals surface area contributed by atoms with Crippen LogP contribution in [0.25, 0.3) is 94.4 Å². The van der Waals surface area contributed by atoms with Crippen LogP contribution >= 0.6 is 0 Å². The van der Waals surface area contributed by atoms with Gasteiger partial charge in [-0.3, -0.25) is 0 Å². The van der Waals surface area contributed by atoms with E-state index in [0.717, 1.165) is 78.3 Å². The SMILES string of the molecule is [C-]#[N+]c1cccc2c1-c1cc(-c3ccc(-c4ccc(-c5cc(-c6ccc(-c7ccccc7)cc6)nc(-c6cccc(-c7ccccc7)c6)n5)cc4)cc3)ccc1C2(C)C. The monoisotopic (exact) mass is 753 g/mol. The Labute approximate surface area is 345 Å². The van der Waals surface area contributed by atoms with E-state index in [1.807, 2.05) is 24.3 Å². The van der Waals surface area contributed by atoms with E-state index in [9.17, 15) is 0 Å². The van der Waals surface area contributed by atoms with Crippen molar-refractivity contribution in [3.05, 3.63) is 223 Å². The van der Waals surface area contributed by atoms with Crippen LogP contribution in [-0.4, -0.2) is 9.97 Å². The maximum Gasteiger partial charge on any atom is 0.195 e. The zero-order valence-corrected chi connectivity index (χ0v) is 32.9. The second kappa shape index (κ2) is 14.7. The third kappa shape index (κ3) is 6.61. The van der Waals surface area contributed by atoms with Crippen LogP contribution in [0.15, 0.2) is 200 Å². The highest BCUT2D eigenvalue weighted by molar-refractivity contribution is 5.92. The van der Waals surface area contributed by atoms with E-state index in [2.05, 4.69) is 195 Å². The molecule has 9 aromatic rings. The molecule has 0 unspecified atom stereocenters. The lowest BCUT2D eigenvalue weighted by Gasteiger charge is -2.21. The van der Waals surface area contributed by atoms with Crippen LogP contribution < -0.4 is 0 Å². The van der Waals surface area contributed by atoms with Crippen LogP contribution in [0.3, 0.4) is 0 Å². The van der Waals surface area contributed by atoms with Gasteiger partial charge in [0, 0.05) is 22.1 Å². The highest BCUT2D eigenvalue weighted by Crippen LogP contribution is 2.53. The molecular formula is C56H39N3. The van der Waals surface area contributed by atoms with E-state index in [-0.39, 0.29) is 5.41 Å². The van der Waals surface area contributed by atoms with Crippen molar-refractivity contribution in [1.29, 1.82) is 0 Å². The number of fused-ring (bicyclic) bond motifs is 3. The minimum absolute atomic E-state index is 0.142. The fourth-order valence-electron chi connectivity index (χ4n) is 8.55. The fraction of sp³-hybridized carbons (Fsp3) is 0.0536. The molecule has 0 saturated carbocycles. The van der Waals surface area contributed by atoms with Gasteiger partial charge in [-0.2, -0.15) is 0 Å². The first-order valence-electron chi connectivity index (χ1n) is 20.0. The standard InChI is InChI=1S/C56H39N3/c1-56(2)49-33-32-46(35-48(49)54-50(56)18-11-19-51(54)57-3)42-22-20-40(21-23-42)41-26-30-44(31-27-41)53-36-52(43-28-24-39(25-29-43)37-12-6-4-7-13-37)58-55(59-53)47-17-10-16-45(34-47)38-14-8-5-9-15-38/h4-36H,1-2H3. The van der Waals surface area contributed by atoms with E-state index in [1.54, 1.807) is 0 Å². The van der Waals surface area contributed by atoms with Gasteiger partial charge in [0.05, 0.1) is 18.0 Å². The number of hydrogen-bond acceptors (Lipinski definition) is 2. The van der Waals surface area contributed by atoms with Crippen LogP contribution in [0.5, 0.6) is 0 Å². The Morgan fingerprint density at radius 2 is 0.797 bits per heavy atom. The van der Waals surface area contributed by atoms with Crippen molar-refractivity contribution in [3.63, 3.8) is 0 Å². The van der Waals surface area contributed by atoms with Crippen LogP contribution in [0.2, 0.25) is 0 Å². The normalized spacial score (nSPS) is 12.4. The van der Waals surface area contributed by atoms with Gasteiger partial charge < -0.3 is 0 Å². The number of benzene rings is 8. The summed E-state index contributed by atoms with van der Waals surface area (Å²) in [5.41, 5.74) is 19.3. The van der Waals surface area contributed by atoms with Gasteiger partial charge >= 0.3 is 0 Å². The summed E-state index contributed by atoms with van der Waals surface area (Å²) in [4.78, 5) is 14.2. The average molecular weight is 754 g/mol. The maximum atomic E-state index is 7.84. The quantitative estimate of drug-likeness (QED) is 0.152. The molecule has 0 aliphatic heterocycles. The molecule has 10 rings (SSSR count). The first-order valence-corrected chi connectivity index (χ1v) is 20.0. The molecule has 0 atom stereocenters. The molecule has 0 saturated heterocycles. The van der Waals surface area contributed by atoms with Crippen molar-refractivity contribution in [3.8, 4) is 89.5 Å². The summed E-state index contributed by atoms with van der Waals surface area (Å²) in [5, 5.41) is 0. The van der Waals surface area contributed by atoms with Gasteiger partial charge in [0.15, 0.2) is 11.5 Å². The minimum Gasteiger partial charge on any atom is -0.238 e. The van der Waals surface area contributed by atoms with E-state index in [1.165, 1.54) is 22.3 Å². The van der Waals surface area contributed by atoms with Crippen molar-refractivity contribution < 1.29 is 0 Å².